The van der Waals surface area contributed by atoms with Crippen molar-refractivity contribution < 1.29 is 0 Å². The molecule has 3 aromatic rings. The van der Waals surface area contributed by atoms with E-state index in [1.807, 2.05) is 41.8 Å². The van der Waals surface area contributed by atoms with Crippen LogP contribution in [-0.4, -0.2) is 16.5 Å². The highest BCUT2D eigenvalue weighted by atomic mass is 32.1. The van der Waals surface area contributed by atoms with Crippen LogP contribution in [0.4, 0.5) is 0 Å². The average Bonchev–Trinajstić information content (AvgIpc) is 3.04. The number of para-hydroxylation sites is 2. The predicted octanol–water partition coefficient (Wildman–Crippen LogP) is 3.97. The highest BCUT2D eigenvalue weighted by Gasteiger charge is 2.13. The Bertz CT molecular complexity index is 694. The topological polar surface area (TPSA) is 37.8 Å². The highest BCUT2D eigenvalue weighted by molar-refractivity contribution is 7.09. The lowest BCUT2D eigenvalue weighted by molar-refractivity contribution is 0.505. The molecule has 1 N–H and O–H groups in total. The monoisotopic (exact) mass is 297 g/mol. The van der Waals surface area contributed by atoms with Gasteiger partial charge in [-0.2, -0.15) is 0 Å². The fraction of sp³-hybridized carbons (Fsp3) is 0.294. The van der Waals surface area contributed by atoms with Gasteiger partial charge in [-0.1, -0.05) is 25.1 Å². The van der Waals surface area contributed by atoms with Crippen molar-refractivity contribution in [1.82, 2.24) is 15.3 Å². The summed E-state index contributed by atoms with van der Waals surface area (Å²) in [7, 11) is 0. The first-order chi connectivity index (χ1) is 10.4. The van der Waals surface area contributed by atoms with Crippen molar-refractivity contribution in [1.29, 1.82) is 0 Å². The Balaban J connectivity index is 1.80. The summed E-state index contributed by atoms with van der Waals surface area (Å²) in [5.74, 6) is 0. The van der Waals surface area contributed by atoms with Crippen LogP contribution in [0, 0.1) is 0 Å². The molecule has 0 amide bonds. The Kier molecular flexibility index (Phi) is 4.58. The van der Waals surface area contributed by atoms with Gasteiger partial charge in [-0.05, 0) is 43.0 Å². The Morgan fingerprint density at radius 2 is 2.00 bits per heavy atom. The van der Waals surface area contributed by atoms with E-state index < -0.39 is 0 Å². The van der Waals surface area contributed by atoms with Crippen molar-refractivity contribution in [3.05, 3.63) is 58.5 Å². The van der Waals surface area contributed by atoms with E-state index in [1.165, 1.54) is 4.88 Å². The average molecular weight is 297 g/mol. The molecule has 3 rings (SSSR count). The SMILES string of the molecule is CCNC(CCc1cccs1)c1cnc2ccccc2n1. The number of aromatic nitrogens is 2. The van der Waals surface area contributed by atoms with Gasteiger partial charge < -0.3 is 5.32 Å². The molecule has 0 saturated heterocycles. The van der Waals surface area contributed by atoms with Gasteiger partial charge in [0.05, 0.1) is 29.0 Å². The molecule has 1 unspecified atom stereocenters. The third kappa shape index (κ3) is 3.46. The molecular weight excluding hydrogens is 278 g/mol. The fourth-order valence-corrected chi connectivity index (χ4v) is 3.21. The first kappa shape index (κ1) is 14.2. The van der Waals surface area contributed by atoms with Gasteiger partial charge in [0.2, 0.25) is 0 Å². The number of nitrogens with one attached hydrogen (secondary N) is 1. The van der Waals surface area contributed by atoms with E-state index in [0.29, 0.717) is 0 Å². The lowest BCUT2D eigenvalue weighted by Gasteiger charge is -2.17. The third-order valence-electron chi connectivity index (χ3n) is 3.53. The number of rotatable bonds is 6. The highest BCUT2D eigenvalue weighted by Crippen LogP contribution is 2.21. The fourth-order valence-electron chi connectivity index (χ4n) is 2.48. The van der Waals surface area contributed by atoms with Crippen LogP contribution >= 0.6 is 11.3 Å². The van der Waals surface area contributed by atoms with Crippen molar-refractivity contribution in [2.75, 3.05) is 6.54 Å². The second-order valence-corrected chi connectivity index (χ2v) is 6.04. The summed E-state index contributed by atoms with van der Waals surface area (Å²) in [4.78, 5) is 10.7. The van der Waals surface area contributed by atoms with Crippen LogP contribution in [0.5, 0.6) is 0 Å². The van der Waals surface area contributed by atoms with Gasteiger partial charge in [-0.15, -0.1) is 11.3 Å². The third-order valence-corrected chi connectivity index (χ3v) is 4.47. The first-order valence-electron chi connectivity index (χ1n) is 7.34. The molecule has 0 spiro atoms. The quantitative estimate of drug-likeness (QED) is 0.748. The molecule has 0 aliphatic heterocycles. The van der Waals surface area contributed by atoms with Crippen LogP contribution in [0.25, 0.3) is 11.0 Å². The molecule has 4 heteroatoms. The Morgan fingerprint density at radius 3 is 2.76 bits per heavy atom. The van der Waals surface area contributed by atoms with Crippen molar-refractivity contribution in [3.8, 4) is 0 Å². The molecule has 1 aromatic carbocycles. The smallest absolute Gasteiger partial charge is 0.0890 e. The minimum Gasteiger partial charge on any atom is -0.309 e. The number of benzene rings is 1. The molecule has 21 heavy (non-hydrogen) atoms. The van der Waals surface area contributed by atoms with Crippen LogP contribution < -0.4 is 5.32 Å². The summed E-state index contributed by atoms with van der Waals surface area (Å²) < 4.78 is 0. The lowest BCUT2D eigenvalue weighted by Crippen LogP contribution is -2.22. The molecule has 0 saturated carbocycles. The molecule has 0 radical (unpaired) electrons. The second-order valence-electron chi connectivity index (χ2n) is 5.01. The van der Waals surface area contributed by atoms with Crippen molar-refractivity contribution >= 4 is 22.4 Å². The van der Waals surface area contributed by atoms with E-state index in [9.17, 15) is 0 Å². The van der Waals surface area contributed by atoms with Crippen LogP contribution in [0.3, 0.4) is 0 Å². The van der Waals surface area contributed by atoms with Gasteiger partial charge in [-0.3, -0.25) is 4.98 Å². The van der Waals surface area contributed by atoms with Crippen molar-refractivity contribution in [2.45, 2.75) is 25.8 Å². The van der Waals surface area contributed by atoms with Crippen LogP contribution in [0.2, 0.25) is 0 Å². The molecule has 0 bridgehead atoms. The molecule has 2 aromatic heterocycles. The molecule has 3 nitrogen and oxygen atoms in total. The standard InChI is InChI=1S/C17H19N3S/c1-2-18-15(10-9-13-6-5-11-21-13)17-12-19-14-7-3-4-8-16(14)20-17/h3-8,11-12,15,18H,2,9-10H2,1H3. The zero-order chi connectivity index (χ0) is 14.5. The van der Waals surface area contributed by atoms with Gasteiger partial charge in [0.15, 0.2) is 0 Å². The summed E-state index contributed by atoms with van der Waals surface area (Å²) in [5, 5.41) is 5.66. The van der Waals surface area contributed by atoms with Gasteiger partial charge in [0.1, 0.15) is 0 Å². The molecule has 2 heterocycles. The van der Waals surface area contributed by atoms with Crippen molar-refractivity contribution in [2.24, 2.45) is 0 Å². The van der Waals surface area contributed by atoms with E-state index in [2.05, 4.69) is 34.7 Å². The van der Waals surface area contributed by atoms with Crippen LogP contribution in [0.15, 0.2) is 48.0 Å². The Hall–Kier alpha value is -1.78. The number of nitrogens with zero attached hydrogens (tertiary/aromatic N) is 2. The Morgan fingerprint density at radius 1 is 1.14 bits per heavy atom. The molecule has 108 valence electrons. The number of thiophene rings is 1. The maximum Gasteiger partial charge on any atom is 0.0890 e. The minimum atomic E-state index is 0.259. The van der Waals surface area contributed by atoms with E-state index in [-0.39, 0.29) is 6.04 Å². The summed E-state index contributed by atoms with van der Waals surface area (Å²) in [6.07, 6.45) is 4.02. The molecule has 0 fully saturated rings. The predicted molar refractivity (Wildman–Crippen MR) is 88.6 cm³/mol. The van der Waals surface area contributed by atoms with Gasteiger partial charge >= 0.3 is 0 Å². The maximum atomic E-state index is 4.77. The lowest BCUT2D eigenvalue weighted by atomic mass is 10.1. The van der Waals surface area contributed by atoms with Gasteiger partial charge in [0, 0.05) is 4.88 Å². The van der Waals surface area contributed by atoms with Crippen LogP contribution in [0.1, 0.15) is 30.0 Å². The van der Waals surface area contributed by atoms with E-state index >= 15 is 0 Å². The number of hydrogen-bond donors (Lipinski definition) is 1. The Labute approximate surface area is 129 Å². The normalized spacial score (nSPS) is 12.6. The summed E-state index contributed by atoms with van der Waals surface area (Å²) in [6.45, 7) is 3.07. The number of hydrogen-bond acceptors (Lipinski definition) is 4. The van der Waals surface area contributed by atoms with E-state index in [4.69, 9.17) is 4.98 Å². The number of fused-ring (bicyclic) bond motifs is 1. The van der Waals surface area contributed by atoms with E-state index in [1.54, 1.807) is 0 Å². The minimum absolute atomic E-state index is 0.259. The summed E-state index contributed by atoms with van der Waals surface area (Å²) in [5.41, 5.74) is 2.95. The second kappa shape index (κ2) is 6.78. The molecular formula is C17H19N3S. The number of aryl methyl sites for hydroxylation is 1. The summed E-state index contributed by atoms with van der Waals surface area (Å²) in [6, 6.07) is 12.6. The zero-order valence-corrected chi connectivity index (χ0v) is 12.9. The maximum absolute atomic E-state index is 4.77. The summed E-state index contributed by atoms with van der Waals surface area (Å²) >= 11 is 1.82. The van der Waals surface area contributed by atoms with E-state index in [0.717, 1.165) is 36.1 Å². The van der Waals surface area contributed by atoms with Crippen LogP contribution in [-0.2, 0) is 6.42 Å². The van der Waals surface area contributed by atoms with Gasteiger partial charge in [-0.25, -0.2) is 4.98 Å². The first-order valence-corrected chi connectivity index (χ1v) is 8.22. The zero-order valence-electron chi connectivity index (χ0n) is 12.1. The molecule has 1 atom stereocenters. The largest absolute Gasteiger partial charge is 0.309 e. The van der Waals surface area contributed by atoms with Crippen molar-refractivity contribution in [3.63, 3.8) is 0 Å². The van der Waals surface area contributed by atoms with Gasteiger partial charge in [0.25, 0.3) is 0 Å². The molecule has 0 aliphatic rings. The molecule has 0 aliphatic carbocycles.